The van der Waals surface area contributed by atoms with Crippen LogP contribution in [0.1, 0.15) is 28.0 Å². The minimum absolute atomic E-state index is 0.0542. The molecule has 39 heavy (non-hydrogen) atoms. The van der Waals surface area contributed by atoms with Crippen LogP contribution in [0.3, 0.4) is 0 Å². The van der Waals surface area contributed by atoms with Gasteiger partial charge in [0, 0.05) is 50.2 Å². The van der Waals surface area contributed by atoms with Crippen LogP contribution in [-0.2, 0) is 4.79 Å². The molecule has 11 nitrogen and oxygen atoms in total. The first-order chi connectivity index (χ1) is 18.9. The first-order valence-corrected chi connectivity index (χ1v) is 12.3. The number of rotatable bonds is 7. The molecular weight excluding hydrogens is 500 g/mol. The molecule has 3 aromatic carbocycles. The molecule has 2 amide bonds. The molecule has 1 aliphatic heterocycles. The van der Waals surface area contributed by atoms with Crippen molar-refractivity contribution < 1.29 is 23.9 Å². The van der Waals surface area contributed by atoms with E-state index < -0.39 is 11.9 Å². The Balaban J connectivity index is 1.18. The van der Waals surface area contributed by atoms with E-state index in [1.54, 1.807) is 49.4 Å². The van der Waals surface area contributed by atoms with Crippen LogP contribution in [0.2, 0.25) is 0 Å². The lowest BCUT2D eigenvalue weighted by Gasteiger charge is -2.35. The normalized spacial score (nSPS) is 13.2. The van der Waals surface area contributed by atoms with Crippen LogP contribution in [0, 0.1) is 0 Å². The summed E-state index contributed by atoms with van der Waals surface area (Å²) < 4.78 is 5.51. The summed E-state index contributed by atoms with van der Waals surface area (Å²) in [5.74, 6) is -1.62. The van der Waals surface area contributed by atoms with Crippen LogP contribution in [0.4, 0.5) is 23.1 Å². The van der Waals surface area contributed by atoms with Gasteiger partial charge in [-0.1, -0.05) is 29.4 Å². The van der Waals surface area contributed by atoms with Gasteiger partial charge in [-0.2, -0.15) is 0 Å². The molecule has 198 valence electrons. The molecule has 1 saturated heterocycles. The van der Waals surface area contributed by atoms with Crippen LogP contribution in [-0.4, -0.2) is 64.2 Å². The number of aromatic nitrogens is 2. The third-order valence-corrected chi connectivity index (χ3v) is 6.41. The molecule has 0 saturated carbocycles. The van der Waals surface area contributed by atoms with Crippen LogP contribution >= 0.6 is 0 Å². The van der Waals surface area contributed by atoms with Crippen LogP contribution in [0.5, 0.6) is 0 Å². The Labute approximate surface area is 224 Å². The van der Waals surface area contributed by atoms with Crippen molar-refractivity contribution in [2.75, 3.05) is 41.7 Å². The van der Waals surface area contributed by atoms with Gasteiger partial charge < -0.3 is 30.0 Å². The average Bonchev–Trinajstić information content (AvgIpc) is 3.42. The molecule has 11 heteroatoms. The molecule has 0 spiro atoms. The number of aromatic carboxylic acids is 1. The van der Waals surface area contributed by atoms with Crippen LogP contribution in [0.25, 0.3) is 11.1 Å². The number of hydrogen-bond acceptors (Lipinski definition) is 8. The molecule has 0 aliphatic carbocycles. The summed E-state index contributed by atoms with van der Waals surface area (Å²) >= 11 is 0. The number of hydrogen-bond donors (Lipinski definition) is 3. The maximum Gasteiger partial charge on any atom is 0.335 e. The Bertz CT molecular complexity index is 1490. The van der Waals surface area contributed by atoms with E-state index in [1.165, 1.54) is 0 Å². The molecule has 0 atom stereocenters. The van der Waals surface area contributed by atoms with Gasteiger partial charge in [0.2, 0.25) is 5.91 Å². The van der Waals surface area contributed by atoms with Gasteiger partial charge in [0.25, 0.3) is 0 Å². The number of piperazine rings is 1. The smallest absolute Gasteiger partial charge is 0.335 e. The zero-order valence-electron chi connectivity index (χ0n) is 21.1. The summed E-state index contributed by atoms with van der Waals surface area (Å²) in [6.07, 6.45) is 0. The first-order valence-electron chi connectivity index (χ1n) is 12.3. The van der Waals surface area contributed by atoms with Crippen molar-refractivity contribution in [2.45, 2.75) is 6.92 Å². The van der Waals surface area contributed by atoms with Gasteiger partial charge in [-0.05, 0) is 59.7 Å². The van der Waals surface area contributed by atoms with Crippen molar-refractivity contribution in [3.63, 3.8) is 0 Å². The van der Waals surface area contributed by atoms with E-state index in [0.29, 0.717) is 24.5 Å². The van der Waals surface area contributed by atoms with Crippen molar-refractivity contribution in [3.8, 4) is 11.1 Å². The lowest BCUT2D eigenvalue weighted by molar-refractivity contribution is -0.129. The first kappa shape index (κ1) is 25.5. The molecule has 1 fully saturated rings. The minimum Gasteiger partial charge on any atom is -0.478 e. The van der Waals surface area contributed by atoms with E-state index in [9.17, 15) is 14.4 Å². The third kappa shape index (κ3) is 6.04. The number of carbonyl (C=O) groups is 3. The van der Waals surface area contributed by atoms with Crippen molar-refractivity contribution in [3.05, 3.63) is 84.3 Å². The minimum atomic E-state index is -0.981. The van der Waals surface area contributed by atoms with Crippen molar-refractivity contribution in [2.24, 2.45) is 0 Å². The van der Waals surface area contributed by atoms with Crippen molar-refractivity contribution in [1.29, 1.82) is 0 Å². The number of anilines is 4. The number of nitrogens with one attached hydrogen (secondary N) is 2. The molecule has 2 heterocycles. The highest BCUT2D eigenvalue weighted by molar-refractivity contribution is 6.01. The van der Waals surface area contributed by atoms with Gasteiger partial charge in [0.05, 0.1) is 5.56 Å². The van der Waals surface area contributed by atoms with E-state index in [2.05, 4.69) is 25.7 Å². The van der Waals surface area contributed by atoms with E-state index in [-0.39, 0.29) is 23.4 Å². The average molecular weight is 527 g/mol. The number of carboxylic acid groups (broad SMARTS) is 1. The second-order valence-corrected chi connectivity index (χ2v) is 8.99. The lowest BCUT2D eigenvalue weighted by Crippen LogP contribution is -2.48. The largest absolute Gasteiger partial charge is 0.478 e. The quantitative estimate of drug-likeness (QED) is 0.325. The molecule has 4 aromatic rings. The summed E-state index contributed by atoms with van der Waals surface area (Å²) in [7, 11) is 0. The predicted molar refractivity (Wildman–Crippen MR) is 145 cm³/mol. The van der Waals surface area contributed by atoms with Gasteiger partial charge in [-0.15, -0.1) is 5.10 Å². The van der Waals surface area contributed by atoms with E-state index in [1.807, 2.05) is 35.2 Å². The van der Waals surface area contributed by atoms with Gasteiger partial charge in [0.15, 0.2) is 0 Å². The standard InChI is InChI=1S/C28H26N6O5/c1-18(35)33-13-15-34(16-14-33)24-11-9-22(10-12-24)29-25(36)26-31-32-28(39-26)30-23-4-2-3-21(17-23)19-5-7-20(8-6-19)27(37)38/h2-12,17H,13-16H2,1H3,(H,29,36)(H,30,32)(H,37,38). The number of carbonyl (C=O) groups excluding carboxylic acids is 2. The fourth-order valence-electron chi connectivity index (χ4n) is 4.29. The van der Waals surface area contributed by atoms with E-state index >= 15 is 0 Å². The lowest BCUT2D eigenvalue weighted by atomic mass is 10.0. The second kappa shape index (κ2) is 11.1. The summed E-state index contributed by atoms with van der Waals surface area (Å²) in [6.45, 7) is 4.46. The molecule has 5 rings (SSSR count). The highest BCUT2D eigenvalue weighted by atomic mass is 16.4. The van der Waals surface area contributed by atoms with Crippen LogP contribution < -0.4 is 15.5 Å². The fourth-order valence-corrected chi connectivity index (χ4v) is 4.29. The zero-order valence-corrected chi connectivity index (χ0v) is 21.1. The van der Waals surface area contributed by atoms with Crippen molar-refractivity contribution in [1.82, 2.24) is 15.1 Å². The molecule has 0 bridgehead atoms. The SMILES string of the molecule is CC(=O)N1CCN(c2ccc(NC(=O)c3nnc(Nc4cccc(-c5ccc(C(=O)O)cc5)c4)o3)cc2)CC1. The molecular formula is C28H26N6O5. The Morgan fingerprint density at radius 2 is 1.56 bits per heavy atom. The van der Waals surface area contributed by atoms with Crippen LogP contribution in [0.15, 0.2) is 77.2 Å². The molecule has 3 N–H and O–H groups in total. The fraction of sp³-hybridized carbons (Fsp3) is 0.179. The number of nitrogens with zero attached hydrogens (tertiary/aromatic N) is 4. The Morgan fingerprint density at radius 3 is 2.23 bits per heavy atom. The molecule has 1 aromatic heterocycles. The molecule has 1 aliphatic rings. The van der Waals surface area contributed by atoms with Gasteiger partial charge in [-0.25, -0.2) is 4.79 Å². The van der Waals surface area contributed by atoms with Crippen molar-refractivity contribution >= 4 is 40.9 Å². The number of benzene rings is 3. The molecule has 0 radical (unpaired) electrons. The maximum absolute atomic E-state index is 12.7. The van der Waals surface area contributed by atoms with Gasteiger partial charge in [0.1, 0.15) is 0 Å². The summed E-state index contributed by atoms with van der Waals surface area (Å²) in [4.78, 5) is 39.3. The monoisotopic (exact) mass is 526 g/mol. The summed E-state index contributed by atoms with van der Waals surface area (Å²) in [5.41, 5.74) is 4.17. The highest BCUT2D eigenvalue weighted by Gasteiger charge is 2.19. The summed E-state index contributed by atoms with van der Waals surface area (Å²) in [5, 5.41) is 22.6. The van der Waals surface area contributed by atoms with E-state index in [4.69, 9.17) is 9.52 Å². The number of amides is 2. The Morgan fingerprint density at radius 1 is 0.846 bits per heavy atom. The zero-order chi connectivity index (χ0) is 27.4. The topological polar surface area (TPSA) is 141 Å². The highest BCUT2D eigenvalue weighted by Crippen LogP contribution is 2.25. The third-order valence-electron chi connectivity index (χ3n) is 6.41. The Kier molecular flexibility index (Phi) is 7.21. The Hall–Kier alpha value is -5.19. The summed E-state index contributed by atoms with van der Waals surface area (Å²) in [6, 6.07) is 21.4. The second-order valence-electron chi connectivity index (χ2n) is 8.99. The predicted octanol–water partition coefficient (Wildman–Crippen LogP) is 4.10. The van der Waals surface area contributed by atoms with Gasteiger partial charge >= 0.3 is 23.8 Å². The number of carboxylic acids is 1. The van der Waals surface area contributed by atoms with Gasteiger partial charge in [-0.3, -0.25) is 9.59 Å². The van der Waals surface area contributed by atoms with E-state index in [0.717, 1.165) is 29.9 Å². The maximum atomic E-state index is 12.7. The molecule has 0 unspecified atom stereocenters.